The molecule has 6 heteroatoms. The van der Waals surface area contributed by atoms with Gasteiger partial charge in [0.25, 0.3) is 0 Å². The van der Waals surface area contributed by atoms with Gasteiger partial charge in [-0.25, -0.2) is 0 Å². The third-order valence-electron chi connectivity index (χ3n) is 2.50. The SMILES string of the molecule is COC(=S)c1ccc(C)c(-c2nnc(C)o2)c1Cl. The van der Waals surface area contributed by atoms with E-state index < -0.39 is 0 Å². The molecule has 0 aliphatic heterocycles. The summed E-state index contributed by atoms with van der Waals surface area (Å²) in [6.45, 7) is 3.64. The Morgan fingerprint density at radius 3 is 2.61 bits per heavy atom. The fraction of sp³-hybridized carbons (Fsp3) is 0.250. The zero-order valence-corrected chi connectivity index (χ0v) is 11.7. The van der Waals surface area contributed by atoms with Crippen molar-refractivity contribution in [2.45, 2.75) is 13.8 Å². The summed E-state index contributed by atoms with van der Waals surface area (Å²) in [6.07, 6.45) is 0. The summed E-state index contributed by atoms with van der Waals surface area (Å²) < 4.78 is 10.4. The number of aromatic nitrogens is 2. The van der Waals surface area contributed by atoms with E-state index in [0.29, 0.717) is 33.0 Å². The first kappa shape index (κ1) is 13.0. The number of ether oxygens (including phenoxy) is 1. The smallest absolute Gasteiger partial charge is 0.249 e. The van der Waals surface area contributed by atoms with Gasteiger partial charge in [-0.1, -0.05) is 17.7 Å². The molecular weight excluding hydrogens is 272 g/mol. The largest absolute Gasteiger partial charge is 0.486 e. The minimum atomic E-state index is 0.331. The molecule has 0 atom stereocenters. The van der Waals surface area contributed by atoms with Gasteiger partial charge in [-0.05, 0) is 30.8 Å². The first-order valence-electron chi connectivity index (χ1n) is 5.22. The fourth-order valence-corrected chi connectivity index (χ4v) is 2.21. The molecule has 0 aliphatic rings. The minimum Gasteiger partial charge on any atom is -0.486 e. The first-order valence-corrected chi connectivity index (χ1v) is 6.01. The Hall–Kier alpha value is -1.46. The van der Waals surface area contributed by atoms with Crippen molar-refractivity contribution in [1.82, 2.24) is 10.2 Å². The monoisotopic (exact) mass is 282 g/mol. The summed E-state index contributed by atoms with van der Waals surface area (Å²) in [6, 6.07) is 3.71. The van der Waals surface area contributed by atoms with Crippen molar-refractivity contribution in [1.29, 1.82) is 0 Å². The van der Waals surface area contributed by atoms with Crippen LogP contribution >= 0.6 is 23.8 Å². The predicted octanol–water partition coefficient (Wildman–Crippen LogP) is 3.33. The van der Waals surface area contributed by atoms with Crippen molar-refractivity contribution >= 4 is 28.9 Å². The number of methoxy groups -OCH3 is 1. The number of rotatable bonds is 2. The quantitative estimate of drug-likeness (QED) is 0.791. The van der Waals surface area contributed by atoms with Crippen molar-refractivity contribution in [3.63, 3.8) is 0 Å². The van der Waals surface area contributed by atoms with Gasteiger partial charge >= 0.3 is 0 Å². The molecule has 1 aromatic heterocycles. The van der Waals surface area contributed by atoms with E-state index in [0.717, 1.165) is 5.56 Å². The van der Waals surface area contributed by atoms with E-state index in [2.05, 4.69) is 10.2 Å². The molecule has 4 nitrogen and oxygen atoms in total. The zero-order valence-electron chi connectivity index (χ0n) is 10.2. The van der Waals surface area contributed by atoms with Crippen molar-refractivity contribution in [2.24, 2.45) is 0 Å². The van der Waals surface area contributed by atoms with E-state index in [1.54, 1.807) is 6.92 Å². The van der Waals surface area contributed by atoms with Gasteiger partial charge in [-0.2, -0.15) is 0 Å². The molecule has 94 valence electrons. The van der Waals surface area contributed by atoms with E-state index >= 15 is 0 Å². The van der Waals surface area contributed by atoms with Crippen molar-refractivity contribution < 1.29 is 9.15 Å². The van der Waals surface area contributed by atoms with Crippen LogP contribution in [0.2, 0.25) is 5.02 Å². The highest BCUT2D eigenvalue weighted by Crippen LogP contribution is 2.33. The molecular formula is C12H11ClN2O2S. The summed E-state index contributed by atoms with van der Waals surface area (Å²) in [5.41, 5.74) is 2.27. The normalized spacial score (nSPS) is 10.4. The molecule has 0 unspecified atom stereocenters. The van der Waals surface area contributed by atoms with Crippen LogP contribution in [0.15, 0.2) is 16.5 Å². The standard InChI is InChI=1S/C12H11ClN2O2S/c1-6-4-5-8(12(18)16-3)10(13)9(6)11-15-14-7(2)17-11/h4-5H,1-3H3. The van der Waals surface area contributed by atoms with Crippen molar-refractivity contribution in [2.75, 3.05) is 7.11 Å². The Labute approximate surface area is 115 Å². The van der Waals surface area contributed by atoms with E-state index in [1.807, 2.05) is 19.1 Å². The first-order chi connectivity index (χ1) is 8.54. The summed E-state index contributed by atoms with van der Waals surface area (Å²) in [7, 11) is 1.51. The van der Waals surface area contributed by atoms with E-state index in [1.165, 1.54) is 7.11 Å². The van der Waals surface area contributed by atoms with Crippen LogP contribution in [0.1, 0.15) is 17.0 Å². The Kier molecular flexibility index (Phi) is 3.63. The van der Waals surface area contributed by atoms with E-state index in [4.69, 9.17) is 33.0 Å². The second kappa shape index (κ2) is 5.04. The molecule has 0 spiro atoms. The highest BCUT2D eigenvalue weighted by Gasteiger charge is 2.18. The maximum absolute atomic E-state index is 6.34. The van der Waals surface area contributed by atoms with Crippen LogP contribution in [0.25, 0.3) is 11.5 Å². The lowest BCUT2D eigenvalue weighted by atomic mass is 10.0. The molecule has 0 aliphatic carbocycles. The van der Waals surface area contributed by atoms with Gasteiger partial charge in [0.1, 0.15) is 0 Å². The second-order valence-corrected chi connectivity index (χ2v) is 4.49. The molecule has 0 saturated carbocycles. The molecule has 0 amide bonds. The number of hydrogen-bond acceptors (Lipinski definition) is 5. The van der Waals surface area contributed by atoms with Crippen molar-refractivity contribution in [3.8, 4) is 11.5 Å². The summed E-state index contributed by atoms with van der Waals surface area (Å²) >= 11 is 11.4. The molecule has 1 heterocycles. The lowest BCUT2D eigenvalue weighted by Crippen LogP contribution is -2.02. The average molecular weight is 283 g/mol. The molecule has 1 aromatic carbocycles. The van der Waals surface area contributed by atoms with Crippen LogP contribution in [0, 0.1) is 13.8 Å². The van der Waals surface area contributed by atoms with E-state index in [-0.39, 0.29) is 0 Å². The number of halogens is 1. The number of aryl methyl sites for hydroxylation is 2. The third-order valence-corrected chi connectivity index (χ3v) is 3.27. The van der Waals surface area contributed by atoms with Gasteiger partial charge in [0.05, 0.1) is 17.7 Å². The van der Waals surface area contributed by atoms with Gasteiger partial charge in [0.15, 0.2) is 5.05 Å². The molecule has 0 bridgehead atoms. The Bertz CT molecular complexity index is 610. The van der Waals surface area contributed by atoms with Crippen LogP contribution in [0.3, 0.4) is 0 Å². The van der Waals surface area contributed by atoms with Crippen LogP contribution < -0.4 is 0 Å². The van der Waals surface area contributed by atoms with Crippen LogP contribution in [0.4, 0.5) is 0 Å². The Balaban J connectivity index is 2.63. The second-order valence-electron chi connectivity index (χ2n) is 3.74. The maximum atomic E-state index is 6.34. The molecule has 0 saturated heterocycles. The number of thiocarbonyl (C=S) groups is 1. The molecule has 0 radical (unpaired) electrons. The average Bonchev–Trinajstić information content (AvgIpc) is 2.75. The zero-order chi connectivity index (χ0) is 13.3. The molecule has 0 fully saturated rings. The van der Waals surface area contributed by atoms with Crippen LogP contribution in [0.5, 0.6) is 0 Å². The summed E-state index contributed by atoms with van der Waals surface area (Å²) in [5, 5.41) is 8.57. The van der Waals surface area contributed by atoms with Crippen LogP contribution in [-0.2, 0) is 4.74 Å². The molecule has 18 heavy (non-hydrogen) atoms. The van der Waals surface area contributed by atoms with Gasteiger partial charge in [-0.3, -0.25) is 0 Å². The third kappa shape index (κ3) is 2.23. The Morgan fingerprint density at radius 1 is 1.33 bits per heavy atom. The highest BCUT2D eigenvalue weighted by atomic mass is 35.5. The van der Waals surface area contributed by atoms with Gasteiger partial charge in [-0.15, -0.1) is 10.2 Å². The fourth-order valence-electron chi connectivity index (χ4n) is 1.60. The lowest BCUT2D eigenvalue weighted by molar-refractivity contribution is 0.416. The van der Waals surface area contributed by atoms with Gasteiger partial charge in [0, 0.05) is 12.5 Å². The van der Waals surface area contributed by atoms with Crippen LogP contribution in [-0.4, -0.2) is 22.4 Å². The molecule has 2 rings (SSSR count). The minimum absolute atomic E-state index is 0.331. The summed E-state index contributed by atoms with van der Waals surface area (Å²) in [4.78, 5) is 0. The molecule has 2 aromatic rings. The van der Waals surface area contributed by atoms with E-state index in [9.17, 15) is 0 Å². The molecule has 0 N–H and O–H groups in total. The number of nitrogens with zero attached hydrogens (tertiary/aromatic N) is 2. The number of hydrogen-bond donors (Lipinski definition) is 0. The summed E-state index contributed by atoms with van der Waals surface area (Å²) in [5.74, 6) is 0.871. The van der Waals surface area contributed by atoms with Gasteiger partial charge < -0.3 is 9.15 Å². The number of benzene rings is 1. The van der Waals surface area contributed by atoms with Crippen molar-refractivity contribution in [3.05, 3.63) is 34.2 Å². The predicted molar refractivity (Wildman–Crippen MR) is 72.9 cm³/mol. The highest BCUT2D eigenvalue weighted by molar-refractivity contribution is 7.80. The lowest BCUT2D eigenvalue weighted by Gasteiger charge is -2.10. The maximum Gasteiger partial charge on any atom is 0.249 e. The topological polar surface area (TPSA) is 48.2 Å². The van der Waals surface area contributed by atoms with Gasteiger partial charge in [0.2, 0.25) is 11.8 Å². The Morgan fingerprint density at radius 2 is 2.06 bits per heavy atom.